The van der Waals surface area contributed by atoms with Crippen LogP contribution in [0.4, 0.5) is 0 Å². The van der Waals surface area contributed by atoms with Crippen molar-refractivity contribution < 1.29 is 5.11 Å². The summed E-state index contributed by atoms with van der Waals surface area (Å²) in [7, 11) is 0. The second-order valence-corrected chi connectivity index (χ2v) is 3.78. The van der Waals surface area contributed by atoms with E-state index in [9.17, 15) is 5.11 Å². The van der Waals surface area contributed by atoms with Gasteiger partial charge in [-0.3, -0.25) is 0 Å². The maximum Gasteiger partial charge on any atom is 0.140 e. The van der Waals surface area contributed by atoms with Crippen LogP contribution in [-0.2, 0) is 0 Å². The maximum absolute atomic E-state index is 9.72. The molecule has 1 atom stereocenters. The Bertz CT molecular complexity index is 443. The molecule has 1 fully saturated rings. The van der Waals surface area contributed by atoms with E-state index < -0.39 is 11.5 Å². The van der Waals surface area contributed by atoms with Crippen molar-refractivity contribution in [2.45, 2.75) is 18.9 Å². The van der Waals surface area contributed by atoms with Crippen molar-refractivity contribution in [1.29, 1.82) is 5.26 Å². The fourth-order valence-electron chi connectivity index (χ4n) is 1.31. The SMILES string of the molecule is N#CC1(C#CC(O)c2ccccc2)CC1. The highest BCUT2D eigenvalue weighted by molar-refractivity contribution is 5.33. The van der Waals surface area contributed by atoms with E-state index in [4.69, 9.17) is 5.26 Å². The van der Waals surface area contributed by atoms with Crippen LogP contribution in [0.3, 0.4) is 0 Å². The van der Waals surface area contributed by atoms with E-state index in [0.717, 1.165) is 18.4 Å². The summed E-state index contributed by atoms with van der Waals surface area (Å²) in [4.78, 5) is 0. The fourth-order valence-corrected chi connectivity index (χ4v) is 1.31. The van der Waals surface area contributed by atoms with Crippen LogP contribution < -0.4 is 0 Å². The minimum absolute atomic E-state index is 0.463. The third-order valence-electron chi connectivity index (χ3n) is 2.53. The topological polar surface area (TPSA) is 44.0 Å². The lowest BCUT2D eigenvalue weighted by atomic mass is 10.1. The third kappa shape index (κ3) is 2.18. The molecule has 1 unspecified atom stereocenters. The Morgan fingerprint density at radius 3 is 2.47 bits per heavy atom. The van der Waals surface area contributed by atoms with E-state index in [0.29, 0.717) is 0 Å². The monoisotopic (exact) mass is 197 g/mol. The normalized spacial score (nSPS) is 18.1. The van der Waals surface area contributed by atoms with E-state index >= 15 is 0 Å². The summed E-state index contributed by atoms with van der Waals surface area (Å²) >= 11 is 0. The van der Waals surface area contributed by atoms with Crippen LogP contribution in [0.15, 0.2) is 30.3 Å². The Kier molecular flexibility index (Phi) is 2.46. The molecule has 1 aliphatic rings. The molecule has 15 heavy (non-hydrogen) atoms. The highest BCUT2D eigenvalue weighted by Gasteiger charge is 2.41. The lowest BCUT2D eigenvalue weighted by Gasteiger charge is -2.02. The Morgan fingerprint density at radius 2 is 1.93 bits per heavy atom. The number of hydrogen-bond acceptors (Lipinski definition) is 2. The molecule has 2 rings (SSSR count). The molecule has 2 nitrogen and oxygen atoms in total. The molecular formula is C13H11NO. The Balaban J connectivity index is 2.11. The molecule has 74 valence electrons. The van der Waals surface area contributed by atoms with Gasteiger partial charge in [0, 0.05) is 0 Å². The Morgan fingerprint density at radius 1 is 1.27 bits per heavy atom. The van der Waals surface area contributed by atoms with Gasteiger partial charge in [0.2, 0.25) is 0 Å². The number of benzene rings is 1. The van der Waals surface area contributed by atoms with Crippen LogP contribution in [0, 0.1) is 28.6 Å². The number of rotatable bonds is 1. The summed E-state index contributed by atoms with van der Waals surface area (Å²) in [6.07, 6.45) is 0.882. The van der Waals surface area contributed by atoms with Gasteiger partial charge in [0.15, 0.2) is 0 Å². The van der Waals surface area contributed by atoms with Crippen molar-refractivity contribution in [3.63, 3.8) is 0 Å². The molecule has 0 spiro atoms. The van der Waals surface area contributed by atoms with Crippen molar-refractivity contribution in [3.8, 4) is 17.9 Å². The average molecular weight is 197 g/mol. The zero-order chi connectivity index (χ0) is 10.7. The van der Waals surface area contributed by atoms with Crippen LogP contribution in [-0.4, -0.2) is 5.11 Å². The van der Waals surface area contributed by atoms with Gasteiger partial charge in [-0.1, -0.05) is 42.2 Å². The van der Waals surface area contributed by atoms with Crippen LogP contribution in [0.1, 0.15) is 24.5 Å². The molecule has 1 aliphatic carbocycles. The smallest absolute Gasteiger partial charge is 0.140 e. The van der Waals surface area contributed by atoms with Gasteiger partial charge in [0.1, 0.15) is 11.5 Å². The predicted octanol–water partition coefficient (Wildman–Crippen LogP) is 2.03. The molecule has 1 aromatic carbocycles. The van der Waals surface area contributed by atoms with Gasteiger partial charge >= 0.3 is 0 Å². The molecule has 0 heterocycles. The van der Waals surface area contributed by atoms with E-state index in [1.54, 1.807) is 0 Å². The van der Waals surface area contributed by atoms with Crippen LogP contribution >= 0.6 is 0 Å². The van der Waals surface area contributed by atoms with Crippen molar-refractivity contribution in [2.24, 2.45) is 5.41 Å². The molecule has 1 saturated carbocycles. The van der Waals surface area contributed by atoms with Gasteiger partial charge in [0.25, 0.3) is 0 Å². The summed E-state index contributed by atoms with van der Waals surface area (Å²) in [6, 6.07) is 11.4. The minimum Gasteiger partial charge on any atom is -0.376 e. The summed E-state index contributed by atoms with van der Waals surface area (Å²) in [6.45, 7) is 0. The molecular weight excluding hydrogens is 186 g/mol. The lowest BCUT2D eigenvalue weighted by molar-refractivity contribution is 0.238. The van der Waals surface area contributed by atoms with Gasteiger partial charge in [-0.2, -0.15) is 5.26 Å². The third-order valence-corrected chi connectivity index (χ3v) is 2.53. The van der Waals surface area contributed by atoms with Crippen molar-refractivity contribution >= 4 is 0 Å². The van der Waals surface area contributed by atoms with Crippen molar-refractivity contribution in [3.05, 3.63) is 35.9 Å². The van der Waals surface area contributed by atoms with E-state index in [1.807, 2.05) is 30.3 Å². The van der Waals surface area contributed by atoms with Gasteiger partial charge in [-0.25, -0.2) is 0 Å². The molecule has 0 aromatic heterocycles. The Hall–Kier alpha value is -1.77. The highest BCUT2D eigenvalue weighted by Crippen LogP contribution is 2.44. The van der Waals surface area contributed by atoms with Gasteiger partial charge in [-0.15, -0.1) is 0 Å². The first-order valence-electron chi connectivity index (χ1n) is 4.93. The molecule has 1 N–H and O–H groups in total. The number of nitrogens with zero attached hydrogens (tertiary/aromatic N) is 1. The van der Waals surface area contributed by atoms with Gasteiger partial charge < -0.3 is 5.11 Å². The molecule has 1 aromatic rings. The molecule has 0 aliphatic heterocycles. The second kappa shape index (κ2) is 3.77. The number of aliphatic hydroxyl groups is 1. The van der Waals surface area contributed by atoms with Crippen molar-refractivity contribution in [1.82, 2.24) is 0 Å². The van der Waals surface area contributed by atoms with Crippen LogP contribution in [0.5, 0.6) is 0 Å². The molecule has 2 heteroatoms. The molecule has 0 amide bonds. The first-order valence-corrected chi connectivity index (χ1v) is 4.93. The van der Waals surface area contributed by atoms with Crippen molar-refractivity contribution in [2.75, 3.05) is 0 Å². The lowest BCUT2D eigenvalue weighted by Crippen LogP contribution is -1.95. The zero-order valence-electron chi connectivity index (χ0n) is 8.27. The molecule has 0 saturated heterocycles. The summed E-state index contributed by atoms with van der Waals surface area (Å²) in [5.74, 6) is 5.59. The standard InChI is InChI=1S/C13H11NO/c14-10-13(8-9-13)7-6-12(15)11-4-2-1-3-5-11/h1-5,12,15H,8-9H2. The van der Waals surface area contributed by atoms with E-state index in [1.165, 1.54) is 0 Å². The average Bonchev–Trinajstić information content (AvgIpc) is 3.08. The molecule has 0 bridgehead atoms. The van der Waals surface area contributed by atoms with Crippen LogP contribution in [0.2, 0.25) is 0 Å². The van der Waals surface area contributed by atoms with Gasteiger partial charge in [-0.05, 0) is 18.4 Å². The summed E-state index contributed by atoms with van der Waals surface area (Å²) in [5.41, 5.74) is 0.314. The van der Waals surface area contributed by atoms with E-state index in [-0.39, 0.29) is 0 Å². The first-order chi connectivity index (χ1) is 7.26. The second-order valence-electron chi connectivity index (χ2n) is 3.78. The Labute approximate surface area is 89.2 Å². The summed E-state index contributed by atoms with van der Waals surface area (Å²) in [5, 5.41) is 18.5. The number of nitriles is 1. The predicted molar refractivity (Wildman–Crippen MR) is 56.5 cm³/mol. The number of hydrogen-bond donors (Lipinski definition) is 1. The largest absolute Gasteiger partial charge is 0.376 e. The quantitative estimate of drug-likeness (QED) is 0.700. The van der Waals surface area contributed by atoms with Gasteiger partial charge in [0.05, 0.1) is 6.07 Å². The minimum atomic E-state index is -0.781. The zero-order valence-corrected chi connectivity index (χ0v) is 8.27. The molecule has 0 radical (unpaired) electrons. The van der Waals surface area contributed by atoms with E-state index in [2.05, 4.69) is 17.9 Å². The summed E-state index contributed by atoms with van der Waals surface area (Å²) < 4.78 is 0. The van der Waals surface area contributed by atoms with Crippen LogP contribution in [0.25, 0.3) is 0 Å². The maximum atomic E-state index is 9.72. The highest BCUT2D eigenvalue weighted by atomic mass is 16.3. The first kappa shape index (κ1) is 9.77. The number of aliphatic hydroxyl groups excluding tert-OH is 1. The fraction of sp³-hybridized carbons (Fsp3) is 0.308.